The highest BCUT2D eigenvalue weighted by Crippen LogP contribution is 2.16. The second-order valence-electron chi connectivity index (χ2n) is 4.31. The minimum atomic E-state index is -0.367. The first-order valence-corrected chi connectivity index (χ1v) is 6.02. The van der Waals surface area contributed by atoms with Gasteiger partial charge < -0.3 is 4.74 Å². The number of benzene rings is 2. The van der Waals surface area contributed by atoms with Crippen LogP contribution in [0.3, 0.4) is 0 Å². The fraction of sp³-hybridized carbons (Fsp3) is 0.125. The average Bonchev–Trinajstić information content (AvgIpc) is 2.48. The van der Waals surface area contributed by atoms with E-state index in [1.54, 1.807) is 43.3 Å². The van der Waals surface area contributed by atoms with Crippen LogP contribution in [-0.4, -0.2) is 12.4 Å². The van der Waals surface area contributed by atoms with Crippen molar-refractivity contribution >= 4 is 5.78 Å². The second kappa shape index (κ2) is 5.98. The van der Waals surface area contributed by atoms with Gasteiger partial charge in [-0.2, -0.15) is 5.26 Å². The molecule has 2 aromatic carbocycles. The predicted molar refractivity (Wildman–Crippen MR) is 72.1 cm³/mol. The molecule has 0 atom stereocenters. The fourth-order valence-electron chi connectivity index (χ4n) is 1.63. The van der Waals surface area contributed by atoms with Crippen molar-refractivity contribution in [2.24, 2.45) is 0 Å². The molecule has 0 aliphatic rings. The molecule has 0 amide bonds. The van der Waals surface area contributed by atoms with Crippen molar-refractivity contribution in [3.05, 3.63) is 65.0 Å². The molecule has 100 valence electrons. The highest BCUT2D eigenvalue weighted by Gasteiger charge is 2.08. The molecule has 2 aromatic rings. The van der Waals surface area contributed by atoms with E-state index >= 15 is 0 Å². The Morgan fingerprint density at radius 2 is 1.95 bits per heavy atom. The molecule has 3 nitrogen and oxygen atoms in total. The summed E-state index contributed by atoms with van der Waals surface area (Å²) in [6.45, 7) is 1.48. The zero-order valence-corrected chi connectivity index (χ0v) is 10.9. The first-order valence-electron chi connectivity index (χ1n) is 6.02. The molecule has 0 aliphatic carbocycles. The van der Waals surface area contributed by atoms with Gasteiger partial charge in [0.2, 0.25) is 0 Å². The van der Waals surface area contributed by atoms with Gasteiger partial charge in [0.15, 0.2) is 12.4 Å². The number of rotatable bonds is 4. The predicted octanol–water partition coefficient (Wildman–Crippen LogP) is 3.27. The van der Waals surface area contributed by atoms with Gasteiger partial charge in [-0.25, -0.2) is 4.39 Å². The Hall–Kier alpha value is -2.67. The smallest absolute Gasteiger partial charge is 0.200 e. The minimum Gasteiger partial charge on any atom is -0.485 e. The Kier molecular flexibility index (Phi) is 4.11. The zero-order chi connectivity index (χ0) is 14.5. The topological polar surface area (TPSA) is 50.1 Å². The van der Waals surface area contributed by atoms with E-state index in [9.17, 15) is 9.18 Å². The summed E-state index contributed by atoms with van der Waals surface area (Å²) in [5, 5.41) is 8.67. The van der Waals surface area contributed by atoms with Gasteiger partial charge in [0.1, 0.15) is 11.6 Å². The minimum absolute atomic E-state index is 0.172. The SMILES string of the molecule is Cc1ccc(OCC(=O)c2ccc(C#N)cc2)cc1F. The van der Waals surface area contributed by atoms with Gasteiger partial charge in [-0.1, -0.05) is 6.07 Å². The lowest BCUT2D eigenvalue weighted by Gasteiger charge is -2.06. The molecular weight excluding hydrogens is 257 g/mol. The molecule has 0 fully saturated rings. The van der Waals surface area contributed by atoms with Crippen LogP contribution in [0.1, 0.15) is 21.5 Å². The van der Waals surface area contributed by atoms with Crippen molar-refractivity contribution in [3.63, 3.8) is 0 Å². The number of hydrogen-bond donors (Lipinski definition) is 0. The van der Waals surface area contributed by atoms with Crippen LogP contribution < -0.4 is 4.74 Å². The van der Waals surface area contributed by atoms with Crippen LogP contribution in [0.15, 0.2) is 42.5 Å². The van der Waals surface area contributed by atoms with Crippen molar-refractivity contribution in [2.45, 2.75) is 6.92 Å². The third-order valence-corrected chi connectivity index (χ3v) is 2.85. The Balaban J connectivity index is 2.01. The molecular formula is C16H12FNO2. The van der Waals surface area contributed by atoms with Crippen LogP contribution >= 0.6 is 0 Å². The number of nitrogens with zero attached hydrogens (tertiary/aromatic N) is 1. The first kappa shape index (κ1) is 13.8. The lowest BCUT2D eigenvalue weighted by Crippen LogP contribution is -2.11. The third-order valence-electron chi connectivity index (χ3n) is 2.85. The van der Waals surface area contributed by atoms with E-state index in [0.717, 1.165) is 0 Å². The van der Waals surface area contributed by atoms with Gasteiger partial charge in [-0.05, 0) is 42.8 Å². The van der Waals surface area contributed by atoms with Crippen LogP contribution in [-0.2, 0) is 0 Å². The van der Waals surface area contributed by atoms with Crippen molar-refractivity contribution < 1.29 is 13.9 Å². The molecule has 20 heavy (non-hydrogen) atoms. The van der Waals surface area contributed by atoms with Crippen LogP contribution in [0.5, 0.6) is 5.75 Å². The molecule has 0 heterocycles. The molecule has 0 radical (unpaired) electrons. The normalized spacial score (nSPS) is 9.85. The summed E-state index contributed by atoms with van der Waals surface area (Å²) >= 11 is 0. The molecule has 0 saturated heterocycles. The van der Waals surface area contributed by atoms with Crippen molar-refractivity contribution in [1.82, 2.24) is 0 Å². The number of aryl methyl sites for hydroxylation is 1. The number of ether oxygens (including phenoxy) is 1. The van der Waals surface area contributed by atoms with Gasteiger partial charge in [0, 0.05) is 11.6 Å². The quantitative estimate of drug-likeness (QED) is 0.800. The molecule has 0 aliphatic heterocycles. The summed E-state index contributed by atoms with van der Waals surface area (Å²) in [7, 11) is 0. The van der Waals surface area contributed by atoms with Gasteiger partial charge in [0.25, 0.3) is 0 Å². The summed E-state index contributed by atoms with van der Waals surface area (Å²) < 4.78 is 18.6. The first-order chi connectivity index (χ1) is 9.60. The van der Waals surface area contributed by atoms with Crippen molar-refractivity contribution in [2.75, 3.05) is 6.61 Å². The number of ketones is 1. The maximum Gasteiger partial charge on any atom is 0.200 e. The molecule has 0 unspecified atom stereocenters. The van der Waals surface area contributed by atoms with E-state index < -0.39 is 0 Å². The van der Waals surface area contributed by atoms with Crippen LogP contribution in [0, 0.1) is 24.1 Å². The van der Waals surface area contributed by atoms with Crippen molar-refractivity contribution in [3.8, 4) is 11.8 Å². The lowest BCUT2D eigenvalue weighted by atomic mass is 10.1. The summed E-state index contributed by atoms with van der Waals surface area (Å²) in [6.07, 6.45) is 0. The number of nitriles is 1. The van der Waals surface area contributed by atoms with E-state index in [0.29, 0.717) is 22.4 Å². The maximum absolute atomic E-state index is 13.3. The van der Waals surface area contributed by atoms with Gasteiger partial charge in [-0.3, -0.25) is 4.79 Å². The second-order valence-corrected chi connectivity index (χ2v) is 4.31. The highest BCUT2D eigenvalue weighted by molar-refractivity contribution is 5.97. The summed E-state index contributed by atoms with van der Waals surface area (Å²) in [5.41, 5.74) is 1.47. The van der Waals surface area contributed by atoms with Gasteiger partial charge >= 0.3 is 0 Å². The third kappa shape index (κ3) is 3.21. The maximum atomic E-state index is 13.3. The summed E-state index contributed by atoms with van der Waals surface area (Å²) in [5.74, 6) is -0.279. The molecule has 4 heteroatoms. The Bertz CT molecular complexity index is 672. The Labute approximate surface area is 116 Å². The van der Waals surface area contributed by atoms with Crippen LogP contribution in [0.4, 0.5) is 4.39 Å². The van der Waals surface area contributed by atoms with Gasteiger partial charge in [-0.15, -0.1) is 0 Å². The molecule has 0 saturated carbocycles. The van der Waals surface area contributed by atoms with Crippen molar-refractivity contribution in [1.29, 1.82) is 5.26 Å². The van der Waals surface area contributed by atoms with E-state index in [2.05, 4.69) is 0 Å². The average molecular weight is 269 g/mol. The molecule has 0 aromatic heterocycles. The number of carbonyl (C=O) groups is 1. The van der Waals surface area contributed by atoms with E-state index in [1.807, 2.05) is 6.07 Å². The number of Topliss-reactive ketones (excluding diaryl/α,β-unsaturated/α-hetero) is 1. The largest absolute Gasteiger partial charge is 0.485 e. The monoisotopic (exact) mass is 269 g/mol. The summed E-state index contributed by atoms with van der Waals surface area (Å²) in [6, 6.07) is 12.7. The zero-order valence-electron chi connectivity index (χ0n) is 10.9. The number of carbonyl (C=O) groups excluding carboxylic acids is 1. The highest BCUT2D eigenvalue weighted by atomic mass is 19.1. The number of halogens is 1. The molecule has 0 bridgehead atoms. The Morgan fingerprint density at radius 1 is 1.25 bits per heavy atom. The van der Waals surface area contributed by atoms with Gasteiger partial charge in [0.05, 0.1) is 11.6 Å². The standard InChI is InChI=1S/C16H12FNO2/c1-11-2-7-14(8-15(11)17)20-10-16(19)13-5-3-12(9-18)4-6-13/h2-8H,10H2,1H3. The van der Waals surface area contributed by atoms with Crippen LogP contribution in [0.2, 0.25) is 0 Å². The van der Waals surface area contributed by atoms with E-state index in [1.165, 1.54) is 6.07 Å². The number of hydrogen-bond acceptors (Lipinski definition) is 3. The molecule has 0 N–H and O–H groups in total. The lowest BCUT2D eigenvalue weighted by molar-refractivity contribution is 0.0921. The Morgan fingerprint density at radius 3 is 2.55 bits per heavy atom. The van der Waals surface area contributed by atoms with Crippen LogP contribution in [0.25, 0.3) is 0 Å². The molecule has 2 rings (SSSR count). The van der Waals surface area contributed by atoms with E-state index in [4.69, 9.17) is 10.00 Å². The fourth-order valence-corrected chi connectivity index (χ4v) is 1.63. The van der Waals surface area contributed by atoms with E-state index in [-0.39, 0.29) is 18.2 Å². The molecule has 0 spiro atoms. The summed E-state index contributed by atoms with van der Waals surface area (Å²) in [4.78, 5) is 11.9.